The van der Waals surface area contributed by atoms with Gasteiger partial charge in [0, 0.05) is 35.6 Å². The lowest BCUT2D eigenvalue weighted by Crippen LogP contribution is -2.15. The van der Waals surface area contributed by atoms with Gasteiger partial charge in [-0.1, -0.05) is 24.8 Å². The van der Waals surface area contributed by atoms with Crippen molar-refractivity contribution in [3.05, 3.63) is 84.1 Å². The first-order chi connectivity index (χ1) is 16.0. The van der Waals surface area contributed by atoms with E-state index in [1.165, 1.54) is 12.1 Å². The predicted octanol–water partition coefficient (Wildman–Crippen LogP) is 5.06. The van der Waals surface area contributed by atoms with E-state index in [0.29, 0.717) is 17.0 Å². The van der Waals surface area contributed by atoms with Crippen LogP contribution in [0.1, 0.15) is 21.7 Å². The monoisotopic (exact) mass is 466 g/mol. The topological polar surface area (TPSA) is 97.9 Å². The van der Waals surface area contributed by atoms with Crippen molar-refractivity contribution in [2.24, 2.45) is 12.8 Å². The zero-order valence-corrected chi connectivity index (χ0v) is 18.4. The minimum absolute atomic E-state index is 0.150. The van der Waals surface area contributed by atoms with Crippen LogP contribution in [-0.4, -0.2) is 20.7 Å². The Kier molecular flexibility index (Phi) is 5.74. The number of halogens is 3. The Balaban J connectivity index is 1.56. The van der Waals surface area contributed by atoms with E-state index in [0.717, 1.165) is 34.3 Å². The van der Waals surface area contributed by atoms with E-state index >= 15 is 0 Å². The number of hydrogen-bond acceptors (Lipinski definition) is 5. The first kappa shape index (κ1) is 22.8. The van der Waals surface area contributed by atoms with Gasteiger partial charge >= 0.3 is 6.18 Å². The lowest BCUT2D eigenvalue weighted by atomic mass is 10.0. The highest BCUT2D eigenvalue weighted by Gasteiger charge is 2.30. The molecule has 174 valence electrons. The highest BCUT2D eigenvalue weighted by molar-refractivity contribution is 6.08. The third-order valence-corrected chi connectivity index (χ3v) is 5.25. The molecule has 0 saturated heterocycles. The van der Waals surface area contributed by atoms with Crippen molar-refractivity contribution in [1.82, 2.24) is 14.8 Å². The van der Waals surface area contributed by atoms with Gasteiger partial charge in [-0.15, -0.1) is 0 Å². The number of carbonyl (C=O) groups excluding carboxylic acids is 1. The summed E-state index contributed by atoms with van der Waals surface area (Å²) in [7, 11) is 1.73. The lowest BCUT2D eigenvalue weighted by molar-refractivity contribution is -0.137. The number of nitrogens with two attached hydrogens (primary N) is 1. The normalized spacial score (nSPS) is 11.4. The van der Waals surface area contributed by atoms with Crippen LogP contribution in [0.3, 0.4) is 0 Å². The van der Waals surface area contributed by atoms with Crippen LogP contribution in [0.2, 0.25) is 0 Å². The molecular weight excluding hydrogens is 445 g/mol. The van der Waals surface area contributed by atoms with E-state index in [4.69, 9.17) is 5.73 Å². The minimum atomic E-state index is -4.43. The molecule has 0 radical (unpaired) electrons. The molecule has 4 aromatic rings. The van der Waals surface area contributed by atoms with Gasteiger partial charge in [0.25, 0.3) is 5.91 Å². The molecule has 7 nitrogen and oxygen atoms in total. The van der Waals surface area contributed by atoms with Crippen LogP contribution in [0.4, 0.5) is 24.5 Å². The van der Waals surface area contributed by atoms with Crippen molar-refractivity contribution in [3.8, 4) is 11.1 Å². The molecule has 0 atom stereocenters. The number of nitrogens with zero attached hydrogens (tertiary/aromatic N) is 3. The number of fused-ring (bicyclic) bond motifs is 1. The van der Waals surface area contributed by atoms with E-state index < -0.39 is 17.6 Å². The number of hydrogen-bond donors (Lipinski definition) is 3. The molecule has 0 spiro atoms. The van der Waals surface area contributed by atoms with Crippen molar-refractivity contribution >= 4 is 28.2 Å². The molecule has 2 heterocycles. The van der Waals surface area contributed by atoms with Gasteiger partial charge < -0.3 is 16.4 Å². The van der Waals surface area contributed by atoms with E-state index in [1.807, 2.05) is 19.1 Å². The van der Waals surface area contributed by atoms with Gasteiger partial charge in [0.1, 0.15) is 11.3 Å². The van der Waals surface area contributed by atoms with Gasteiger partial charge in [0.15, 0.2) is 5.69 Å². The molecule has 4 N–H and O–H groups in total. The number of aryl methyl sites for hydroxylation is 2. The first-order valence-electron chi connectivity index (χ1n) is 10.2. The zero-order chi connectivity index (χ0) is 24.6. The van der Waals surface area contributed by atoms with Gasteiger partial charge in [0.05, 0.1) is 11.3 Å². The largest absolute Gasteiger partial charge is 0.416 e. The summed E-state index contributed by atoms with van der Waals surface area (Å²) in [6, 6.07) is 12.2. The SMILES string of the molecule is C=C(Nc1ccc(-c2cnc(C(N)=O)c3c2c(C)nn3C)cc1)Nc1cccc(C(F)(F)F)c1. The van der Waals surface area contributed by atoms with Crippen LogP contribution in [0.25, 0.3) is 22.0 Å². The second-order valence-electron chi connectivity index (χ2n) is 7.70. The van der Waals surface area contributed by atoms with Crippen molar-refractivity contribution in [2.75, 3.05) is 10.6 Å². The standard InChI is InChI=1S/C24H21F3N6O/c1-13-20-19(12-29-21(23(28)34)22(20)33(3)32-13)15-7-9-17(10-8-15)30-14(2)31-18-6-4-5-16(11-18)24(25,26)27/h4-12,30-31H,2H2,1,3H3,(H2,28,34). The molecule has 0 aliphatic heterocycles. The molecule has 2 aromatic heterocycles. The quantitative estimate of drug-likeness (QED) is 0.369. The Morgan fingerprint density at radius 1 is 1.09 bits per heavy atom. The van der Waals surface area contributed by atoms with Crippen molar-refractivity contribution in [1.29, 1.82) is 0 Å². The molecule has 0 saturated carbocycles. The van der Waals surface area contributed by atoms with Crippen molar-refractivity contribution < 1.29 is 18.0 Å². The van der Waals surface area contributed by atoms with Crippen LogP contribution in [0.15, 0.2) is 67.1 Å². The maximum atomic E-state index is 12.9. The maximum absolute atomic E-state index is 12.9. The second-order valence-corrected chi connectivity index (χ2v) is 7.70. The Labute approximate surface area is 193 Å². The number of anilines is 2. The van der Waals surface area contributed by atoms with Crippen molar-refractivity contribution in [3.63, 3.8) is 0 Å². The fourth-order valence-electron chi connectivity index (χ4n) is 3.79. The molecule has 0 fully saturated rings. The number of rotatable bonds is 6. The van der Waals surface area contributed by atoms with E-state index in [2.05, 4.69) is 27.3 Å². The third-order valence-electron chi connectivity index (χ3n) is 5.25. The Hall–Kier alpha value is -4.34. The molecule has 2 aromatic carbocycles. The third kappa shape index (κ3) is 4.42. The van der Waals surface area contributed by atoms with Gasteiger partial charge in [-0.25, -0.2) is 4.98 Å². The number of primary amides is 1. The molecule has 34 heavy (non-hydrogen) atoms. The first-order valence-corrected chi connectivity index (χ1v) is 10.2. The minimum Gasteiger partial charge on any atom is -0.364 e. The molecule has 1 amide bonds. The number of carbonyl (C=O) groups is 1. The number of nitrogens with one attached hydrogen (secondary N) is 2. The van der Waals surface area contributed by atoms with Gasteiger partial charge in [-0.2, -0.15) is 18.3 Å². The summed E-state index contributed by atoms with van der Waals surface area (Å²) in [5.74, 6) is -0.323. The Morgan fingerprint density at radius 2 is 1.76 bits per heavy atom. The van der Waals surface area contributed by atoms with Crippen LogP contribution in [0, 0.1) is 6.92 Å². The van der Waals surface area contributed by atoms with Crippen molar-refractivity contribution in [2.45, 2.75) is 13.1 Å². The fourth-order valence-corrected chi connectivity index (χ4v) is 3.79. The van der Waals surface area contributed by atoms with Crippen LogP contribution in [-0.2, 0) is 13.2 Å². The maximum Gasteiger partial charge on any atom is 0.416 e. The average Bonchev–Trinajstić information content (AvgIpc) is 3.07. The molecule has 4 rings (SSSR count). The summed E-state index contributed by atoms with van der Waals surface area (Å²) < 4.78 is 40.3. The summed E-state index contributed by atoms with van der Waals surface area (Å²) in [6.07, 6.45) is -2.83. The number of benzene rings is 2. The van der Waals surface area contributed by atoms with E-state index in [9.17, 15) is 18.0 Å². The van der Waals surface area contributed by atoms with E-state index in [1.54, 1.807) is 30.1 Å². The number of amides is 1. The van der Waals surface area contributed by atoms with Gasteiger partial charge in [-0.05, 0) is 42.8 Å². The summed E-state index contributed by atoms with van der Waals surface area (Å²) >= 11 is 0. The molecule has 0 bridgehead atoms. The summed E-state index contributed by atoms with van der Waals surface area (Å²) in [4.78, 5) is 16.1. The smallest absolute Gasteiger partial charge is 0.364 e. The highest BCUT2D eigenvalue weighted by atomic mass is 19.4. The molecule has 10 heteroatoms. The Morgan fingerprint density at radius 3 is 2.41 bits per heavy atom. The van der Waals surface area contributed by atoms with E-state index in [-0.39, 0.29) is 11.4 Å². The molecular formula is C24H21F3N6O. The zero-order valence-electron chi connectivity index (χ0n) is 18.4. The number of aromatic nitrogens is 3. The average molecular weight is 466 g/mol. The fraction of sp³-hybridized carbons (Fsp3) is 0.125. The highest BCUT2D eigenvalue weighted by Crippen LogP contribution is 2.33. The number of alkyl halides is 3. The predicted molar refractivity (Wildman–Crippen MR) is 125 cm³/mol. The summed E-state index contributed by atoms with van der Waals surface area (Å²) in [6.45, 7) is 5.67. The van der Waals surface area contributed by atoms with Crippen LogP contribution in [0.5, 0.6) is 0 Å². The molecule has 0 unspecified atom stereocenters. The van der Waals surface area contributed by atoms with Crippen LogP contribution >= 0.6 is 0 Å². The second kappa shape index (κ2) is 8.54. The lowest BCUT2D eigenvalue weighted by Gasteiger charge is -2.14. The van der Waals surface area contributed by atoms with Crippen LogP contribution < -0.4 is 16.4 Å². The number of pyridine rings is 1. The van der Waals surface area contributed by atoms with Gasteiger partial charge in [-0.3, -0.25) is 9.48 Å². The Bertz CT molecular complexity index is 1410. The van der Waals surface area contributed by atoms with Gasteiger partial charge in [0.2, 0.25) is 0 Å². The summed E-state index contributed by atoms with van der Waals surface area (Å²) in [5.41, 5.74) is 8.74. The molecule has 0 aliphatic carbocycles. The molecule has 0 aliphatic rings. The summed E-state index contributed by atoms with van der Waals surface area (Å²) in [5, 5.41) is 11.0.